The fraction of sp³-hybridized carbons (Fsp3) is 0.286. The third-order valence-corrected chi connectivity index (χ3v) is 8.49. The first-order valence-corrected chi connectivity index (χ1v) is 14.4. The molecule has 0 unspecified atom stereocenters. The van der Waals surface area contributed by atoms with E-state index in [0.717, 1.165) is 10.7 Å². The topological polar surface area (TPSA) is 86.8 Å². The number of sulfonamides is 1. The molecule has 0 saturated heterocycles. The summed E-state index contributed by atoms with van der Waals surface area (Å²) in [6, 6.07) is 18.9. The number of hydrogen-bond acceptors (Lipinski definition) is 4. The maximum Gasteiger partial charge on any atom is 0.264 e. The van der Waals surface area contributed by atoms with Gasteiger partial charge in [-0.05, 0) is 67.8 Å². The molecular formula is C28H31Cl2N3O4S. The molecular weight excluding hydrogens is 545 g/mol. The molecule has 0 radical (unpaired) electrons. The quantitative estimate of drug-likeness (QED) is 0.330. The van der Waals surface area contributed by atoms with E-state index in [2.05, 4.69) is 5.32 Å². The summed E-state index contributed by atoms with van der Waals surface area (Å²) >= 11 is 12.5. The number of halogens is 2. The predicted molar refractivity (Wildman–Crippen MR) is 152 cm³/mol. The van der Waals surface area contributed by atoms with Crippen LogP contribution in [0.25, 0.3) is 0 Å². The van der Waals surface area contributed by atoms with E-state index in [-0.39, 0.29) is 23.0 Å². The third kappa shape index (κ3) is 7.07. The van der Waals surface area contributed by atoms with E-state index >= 15 is 0 Å². The SMILES string of the molecule is CCCNC(=O)[C@H](C)N(Cc1cccc(Cl)c1)C(=O)CN(c1cccc(Cl)c1C)S(=O)(=O)c1ccccc1. The highest BCUT2D eigenvalue weighted by Crippen LogP contribution is 2.31. The van der Waals surface area contributed by atoms with E-state index in [9.17, 15) is 18.0 Å². The second-order valence-electron chi connectivity index (χ2n) is 8.83. The van der Waals surface area contributed by atoms with Gasteiger partial charge in [-0.25, -0.2) is 8.42 Å². The van der Waals surface area contributed by atoms with Crippen molar-refractivity contribution in [1.29, 1.82) is 0 Å². The smallest absolute Gasteiger partial charge is 0.264 e. The lowest BCUT2D eigenvalue weighted by Gasteiger charge is -2.32. The highest BCUT2D eigenvalue weighted by Gasteiger charge is 2.33. The van der Waals surface area contributed by atoms with Crippen LogP contribution in [-0.2, 0) is 26.2 Å². The molecule has 10 heteroatoms. The van der Waals surface area contributed by atoms with E-state index in [1.54, 1.807) is 74.5 Å². The van der Waals surface area contributed by atoms with Gasteiger partial charge in [0.2, 0.25) is 11.8 Å². The van der Waals surface area contributed by atoms with Gasteiger partial charge in [-0.15, -0.1) is 0 Å². The molecule has 3 aromatic carbocycles. The Labute approximate surface area is 234 Å². The Balaban J connectivity index is 2.05. The van der Waals surface area contributed by atoms with Gasteiger partial charge in [0.05, 0.1) is 10.6 Å². The predicted octanol–water partition coefficient (Wildman–Crippen LogP) is 5.44. The first-order chi connectivity index (χ1) is 18.1. The van der Waals surface area contributed by atoms with E-state index in [1.807, 2.05) is 6.92 Å². The van der Waals surface area contributed by atoms with Crippen LogP contribution in [0.4, 0.5) is 5.69 Å². The molecule has 0 bridgehead atoms. The molecule has 1 N–H and O–H groups in total. The number of benzene rings is 3. The molecule has 0 aromatic heterocycles. The van der Waals surface area contributed by atoms with Gasteiger partial charge in [-0.2, -0.15) is 0 Å². The molecule has 202 valence electrons. The number of anilines is 1. The Morgan fingerprint density at radius 1 is 0.974 bits per heavy atom. The molecule has 2 amide bonds. The van der Waals surface area contributed by atoms with E-state index < -0.39 is 28.5 Å². The summed E-state index contributed by atoms with van der Waals surface area (Å²) in [4.78, 5) is 28.2. The van der Waals surface area contributed by atoms with E-state index in [4.69, 9.17) is 23.2 Å². The largest absolute Gasteiger partial charge is 0.354 e. The van der Waals surface area contributed by atoms with Crippen molar-refractivity contribution in [3.63, 3.8) is 0 Å². The Morgan fingerprint density at radius 3 is 2.32 bits per heavy atom. The van der Waals surface area contributed by atoms with Crippen molar-refractivity contribution in [3.8, 4) is 0 Å². The minimum atomic E-state index is -4.16. The molecule has 0 aliphatic rings. The first kappa shape index (κ1) is 29.5. The Morgan fingerprint density at radius 2 is 1.66 bits per heavy atom. The van der Waals surface area contributed by atoms with Gasteiger partial charge >= 0.3 is 0 Å². The average Bonchev–Trinajstić information content (AvgIpc) is 2.90. The number of nitrogens with zero attached hydrogens (tertiary/aromatic N) is 2. The molecule has 0 aliphatic carbocycles. The van der Waals surface area contributed by atoms with Crippen molar-refractivity contribution >= 4 is 50.7 Å². The van der Waals surface area contributed by atoms with Crippen molar-refractivity contribution in [2.24, 2.45) is 0 Å². The molecule has 3 rings (SSSR count). The lowest BCUT2D eigenvalue weighted by atomic mass is 10.1. The summed E-state index contributed by atoms with van der Waals surface area (Å²) in [5, 5.41) is 3.67. The molecule has 38 heavy (non-hydrogen) atoms. The van der Waals surface area contributed by atoms with Gasteiger partial charge < -0.3 is 10.2 Å². The molecule has 1 atom stereocenters. The highest BCUT2D eigenvalue weighted by molar-refractivity contribution is 7.92. The van der Waals surface area contributed by atoms with Crippen molar-refractivity contribution in [3.05, 3.63) is 94.0 Å². The van der Waals surface area contributed by atoms with Gasteiger partial charge in [-0.1, -0.05) is 66.5 Å². The van der Waals surface area contributed by atoms with Crippen molar-refractivity contribution < 1.29 is 18.0 Å². The molecule has 7 nitrogen and oxygen atoms in total. The van der Waals surface area contributed by atoms with Gasteiger partial charge in [0, 0.05) is 23.1 Å². The fourth-order valence-electron chi connectivity index (χ4n) is 3.91. The minimum Gasteiger partial charge on any atom is -0.354 e. The number of rotatable bonds is 11. The Kier molecular flexibility index (Phi) is 10.2. The molecule has 0 aliphatic heterocycles. The summed E-state index contributed by atoms with van der Waals surface area (Å²) in [5.41, 5.74) is 1.49. The maximum atomic E-state index is 13.9. The summed E-state index contributed by atoms with van der Waals surface area (Å²) in [7, 11) is -4.16. The van der Waals surface area contributed by atoms with Crippen LogP contribution < -0.4 is 9.62 Å². The zero-order valence-electron chi connectivity index (χ0n) is 21.5. The van der Waals surface area contributed by atoms with Crippen LogP contribution in [0.5, 0.6) is 0 Å². The van der Waals surface area contributed by atoms with Crippen LogP contribution in [0.2, 0.25) is 10.0 Å². The zero-order valence-corrected chi connectivity index (χ0v) is 23.9. The lowest BCUT2D eigenvalue weighted by Crippen LogP contribution is -2.51. The van der Waals surface area contributed by atoms with E-state index in [1.165, 1.54) is 17.0 Å². The number of hydrogen-bond donors (Lipinski definition) is 1. The van der Waals surface area contributed by atoms with Crippen LogP contribution >= 0.6 is 23.2 Å². The maximum absolute atomic E-state index is 13.9. The number of carbonyl (C=O) groups excluding carboxylic acids is 2. The average molecular weight is 577 g/mol. The summed E-state index contributed by atoms with van der Waals surface area (Å²) < 4.78 is 28.7. The lowest BCUT2D eigenvalue weighted by molar-refractivity contribution is -0.139. The molecule has 0 spiro atoms. The monoisotopic (exact) mass is 575 g/mol. The second-order valence-corrected chi connectivity index (χ2v) is 11.5. The van der Waals surface area contributed by atoms with Crippen molar-refractivity contribution in [2.75, 3.05) is 17.4 Å². The molecule has 3 aromatic rings. The second kappa shape index (κ2) is 13.1. The van der Waals surface area contributed by atoms with Gasteiger partial charge in [0.25, 0.3) is 10.0 Å². The normalized spacial score (nSPS) is 12.0. The number of nitrogens with one attached hydrogen (secondary N) is 1. The van der Waals surface area contributed by atoms with Gasteiger partial charge in [0.1, 0.15) is 12.6 Å². The first-order valence-electron chi connectivity index (χ1n) is 12.2. The van der Waals surface area contributed by atoms with Crippen LogP contribution in [0, 0.1) is 6.92 Å². The molecule has 0 fully saturated rings. The molecule has 0 heterocycles. The number of amides is 2. The molecule has 0 saturated carbocycles. The van der Waals surface area contributed by atoms with Gasteiger partial charge in [0.15, 0.2) is 0 Å². The third-order valence-electron chi connectivity index (χ3n) is 6.08. The summed E-state index contributed by atoms with van der Waals surface area (Å²) in [6.07, 6.45) is 0.734. The van der Waals surface area contributed by atoms with Crippen LogP contribution in [-0.4, -0.2) is 44.3 Å². The van der Waals surface area contributed by atoms with Crippen LogP contribution in [0.1, 0.15) is 31.4 Å². The summed E-state index contributed by atoms with van der Waals surface area (Å²) in [5.74, 6) is -0.887. The van der Waals surface area contributed by atoms with Crippen LogP contribution in [0.3, 0.4) is 0 Å². The Hall–Kier alpha value is -3.07. The number of carbonyl (C=O) groups is 2. The fourth-order valence-corrected chi connectivity index (χ4v) is 5.78. The minimum absolute atomic E-state index is 0.0299. The van der Waals surface area contributed by atoms with Crippen molar-refractivity contribution in [1.82, 2.24) is 10.2 Å². The van der Waals surface area contributed by atoms with Gasteiger partial charge in [-0.3, -0.25) is 13.9 Å². The summed E-state index contributed by atoms with van der Waals surface area (Å²) in [6.45, 7) is 5.23. The van der Waals surface area contributed by atoms with Crippen LogP contribution in [0.15, 0.2) is 77.7 Å². The van der Waals surface area contributed by atoms with E-state index in [0.29, 0.717) is 27.7 Å². The highest BCUT2D eigenvalue weighted by atomic mass is 35.5. The van der Waals surface area contributed by atoms with Crippen molar-refractivity contribution in [2.45, 2.75) is 44.7 Å². The Bertz CT molecular complexity index is 1380. The standard InChI is InChI=1S/C28H31Cl2N3O4S/c1-4-16-31-28(35)21(3)32(18-22-10-8-11-23(29)17-22)27(34)19-33(26-15-9-14-25(30)20(26)2)38(36,37)24-12-6-5-7-13-24/h5-15,17,21H,4,16,18-19H2,1-3H3,(H,31,35)/t21-/m0/s1. The zero-order chi connectivity index (χ0) is 27.9.